The highest BCUT2D eigenvalue weighted by Crippen LogP contribution is 2.30. The first-order chi connectivity index (χ1) is 13.6. The minimum atomic E-state index is -0.426. The molecule has 0 saturated carbocycles. The maximum Gasteiger partial charge on any atom is 0.266 e. The molecule has 2 aromatic rings. The zero-order valence-electron chi connectivity index (χ0n) is 16.2. The number of rotatable bonds is 8. The molecule has 1 heterocycles. The maximum absolute atomic E-state index is 12.8. The van der Waals surface area contributed by atoms with Crippen LogP contribution in [-0.4, -0.2) is 30.9 Å². The van der Waals surface area contributed by atoms with Crippen molar-refractivity contribution in [1.29, 1.82) is 0 Å². The van der Waals surface area contributed by atoms with E-state index >= 15 is 0 Å². The Bertz CT molecular complexity index is 890. The van der Waals surface area contributed by atoms with Crippen LogP contribution in [0.5, 0.6) is 5.75 Å². The van der Waals surface area contributed by atoms with E-state index in [1.165, 1.54) is 6.07 Å². The van der Waals surface area contributed by atoms with Gasteiger partial charge in [-0.05, 0) is 55.8 Å². The molecule has 146 valence electrons. The Kier molecular flexibility index (Phi) is 6.09. The molecule has 28 heavy (non-hydrogen) atoms. The summed E-state index contributed by atoms with van der Waals surface area (Å²) >= 11 is 0. The van der Waals surface area contributed by atoms with Crippen LogP contribution < -0.4 is 15.0 Å². The van der Waals surface area contributed by atoms with Gasteiger partial charge in [0.1, 0.15) is 5.75 Å². The monoisotopic (exact) mass is 380 g/mol. The Morgan fingerprint density at radius 2 is 1.68 bits per heavy atom. The summed E-state index contributed by atoms with van der Waals surface area (Å²) in [5.74, 6) is -0.382. The molecule has 1 aliphatic rings. The second kappa shape index (κ2) is 8.69. The van der Waals surface area contributed by atoms with E-state index in [9.17, 15) is 14.4 Å². The van der Waals surface area contributed by atoms with Gasteiger partial charge >= 0.3 is 0 Å². The number of nitrogens with zero attached hydrogens (tertiary/aromatic N) is 1. The van der Waals surface area contributed by atoms with Gasteiger partial charge in [-0.25, -0.2) is 4.90 Å². The summed E-state index contributed by atoms with van der Waals surface area (Å²) in [5, 5.41) is 2.85. The average molecular weight is 380 g/mol. The van der Waals surface area contributed by atoms with E-state index in [0.717, 1.165) is 24.2 Å². The van der Waals surface area contributed by atoms with E-state index in [0.29, 0.717) is 35.7 Å². The van der Waals surface area contributed by atoms with Crippen molar-refractivity contribution in [3.63, 3.8) is 0 Å². The molecule has 1 N–H and O–H groups in total. The molecular formula is C22H24N2O4. The molecule has 0 fully saturated rings. The van der Waals surface area contributed by atoms with Crippen molar-refractivity contribution in [2.75, 3.05) is 18.1 Å². The third-order valence-electron chi connectivity index (χ3n) is 4.62. The SMILES string of the molecule is CCCCCNC(=O)c1ccc2c(c1)C(=O)N(c1ccc(OCC)cc1)C2=O. The minimum absolute atomic E-state index is 0.237. The summed E-state index contributed by atoms with van der Waals surface area (Å²) in [6.45, 7) is 5.11. The normalized spacial score (nSPS) is 12.9. The Morgan fingerprint density at radius 3 is 2.36 bits per heavy atom. The van der Waals surface area contributed by atoms with E-state index in [1.807, 2.05) is 6.92 Å². The number of nitrogens with one attached hydrogen (secondary N) is 1. The summed E-state index contributed by atoms with van der Waals surface area (Å²) in [6.07, 6.45) is 3.04. The largest absolute Gasteiger partial charge is 0.494 e. The number of amides is 3. The van der Waals surface area contributed by atoms with Crippen LogP contribution in [0.1, 0.15) is 64.2 Å². The van der Waals surface area contributed by atoms with Crippen LogP contribution in [0.25, 0.3) is 0 Å². The molecular weight excluding hydrogens is 356 g/mol. The summed E-state index contributed by atoms with van der Waals surface area (Å²) in [5.41, 5.74) is 1.41. The predicted octanol–water partition coefficient (Wildman–Crippen LogP) is 3.81. The smallest absolute Gasteiger partial charge is 0.266 e. The zero-order valence-corrected chi connectivity index (χ0v) is 16.2. The third-order valence-corrected chi connectivity index (χ3v) is 4.62. The molecule has 3 amide bonds. The highest BCUT2D eigenvalue weighted by atomic mass is 16.5. The van der Waals surface area contributed by atoms with Gasteiger partial charge in [0, 0.05) is 12.1 Å². The van der Waals surface area contributed by atoms with Crippen molar-refractivity contribution in [3.05, 3.63) is 59.2 Å². The number of carbonyl (C=O) groups is 3. The topological polar surface area (TPSA) is 75.7 Å². The van der Waals surface area contributed by atoms with Crippen LogP contribution in [0.15, 0.2) is 42.5 Å². The molecule has 0 unspecified atom stereocenters. The van der Waals surface area contributed by atoms with E-state index in [2.05, 4.69) is 12.2 Å². The third kappa shape index (κ3) is 3.91. The fraction of sp³-hybridized carbons (Fsp3) is 0.318. The molecule has 0 spiro atoms. The van der Waals surface area contributed by atoms with Crippen molar-refractivity contribution in [2.45, 2.75) is 33.1 Å². The molecule has 0 radical (unpaired) electrons. The number of hydrogen-bond donors (Lipinski definition) is 1. The number of carbonyl (C=O) groups excluding carboxylic acids is 3. The Labute approximate surface area is 164 Å². The first-order valence-electron chi connectivity index (χ1n) is 9.60. The highest BCUT2D eigenvalue weighted by Gasteiger charge is 2.37. The quantitative estimate of drug-likeness (QED) is 0.558. The lowest BCUT2D eigenvalue weighted by Gasteiger charge is -2.14. The summed E-state index contributed by atoms with van der Waals surface area (Å²) < 4.78 is 5.40. The fourth-order valence-corrected chi connectivity index (χ4v) is 3.15. The highest BCUT2D eigenvalue weighted by molar-refractivity contribution is 6.34. The van der Waals surface area contributed by atoms with Crippen molar-refractivity contribution in [3.8, 4) is 5.75 Å². The van der Waals surface area contributed by atoms with Crippen LogP contribution in [-0.2, 0) is 0 Å². The van der Waals surface area contributed by atoms with Gasteiger partial charge in [-0.15, -0.1) is 0 Å². The van der Waals surface area contributed by atoms with Gasteiger partial charge in [-0.3, -0.25) is 14.4 Å². The van der Waals surface area contributed by atoms with E-state index < -0.39 is 5.91 Å². The van der Waals surface area contributed by atoms with E-state index in [4.69, 9.17) is 4.74 Å². The van der Waals surface area contributed by atoms with Gasteiger partial charge in [-0.2, -0.15) is 0 Å². The van der Waals surface area contributed by atoms with Crippen molar-refractivity contribution < 1.29 is 19.1 Å². The van der Waals surface area contributed by atoms with Crippen molar-refractivity contribution in [1.82, 2.24) is 5.32 Å². The molecule has 0 bridgehead atoms. The van der Waals surface area contributed by atoms with Gasteiger partial charge in [0.15, 0.2) is 0 Å². The Morgan fingerprint density at radius 1 is 0.964 bits per heavy atom. The number of fused-ring (bicyclic) bond motifs is 1. The maximum atomic E-state index is 12.8. The predicted molar refractivity (Wildman–Crippen MR) is 107 cm³/mol. The lowest BCUT2D eigenvalue weighted by atomic mass is 10.1. The number of ether oxygens (including phenoxy) is 1. The average Bonchev–Trinajstić information content (AvgIpc) is 2.96. The summed E-state index contributed by atoms with van der Waals surface area (Å²) in [7, 11) is 0. The fourth-order valence-electron chi connectivity index (χ4n) is 3.15. The molecule has 0 saturated heterocycles. The number of anilines is 1. The van der Waals surface area contributed by atoms with Crippen LogP contribution in [0.4, 0.5) is 5.69 Å². The molecule has 3 rings (SSSR count). The van der Waals surface area contributed by atoms with Crippen LogP contribution in [0.3, 0.4) is 0 Å². The second-order valence-electron chi connectivity index (χ2n) is 6.60. The van der Waals surface area contributed by atoms with Crippen LogP contribution >= 0.6 is 0 Å². The molecule has 2 aromatic carbocycles. The van der Waals surface area contributed by atoms with Gasteiger partial charge in [0.05, 0.1) is 23.4 Å². The van der Waals surface area contributed by atoms with Gasteiger partial charge in [-0.1, -0.05) is 19.8 Å². The second-order valence-corrected chi connectivity index (χ2v) is 6.60. The number of hydrogen-bond acceptors (Lipinski definition) is 4. The molecule has 1 aliphatic heterocycles. The van der Waals surface area contributed by atoms with Crippen LogP contribution in [0, 0.1) is 0 Å². The van der Waals surface area contributed by atoms with Crippen molar-refractivity contribution in [2.24, 2.45) is 0 Å². The van der Waals surface area contributed by atoms with E-state index in [1.54, 1.807) is 36.4 Å². The Balaban J connectivity index is 1.78. The lowest BCUT2D eigenvalue weighted by Crippen LogP contribution is -2.29. The van der Waals surface area contributed by atoms with Gasteiger partial charge in [0.2, 0.25) is 0 Å². The standard InChI is InChI=1S/C22H24N2O4/c1-3-5-6-13-23-20(25)15-7-12-18-19(14-15)22(27)24(21(18)26)16-8-10-17(11-9-16)28-4-2/h7-12,14H,3-6,13H2,1-2H3,(H,23,25). The molecule has 0 aliphatic carbocycles. The zero-order chi connectivity index (χ0) is 20.1. The van der Waals surface area contributed by atoms with Gasteiger partial charge < -0.3 is 10.1 Å². The molecule has 6 nitrogen and oxygen atoms in total. The van der Waals surface area contributed by atoms with E-state index in [-0.39, 0.29) is 17.4 Å². The molecule has 6 heteroatoms. The number of unbranched alkanes of at least 4 members (excludes halogenated alkanes) is 2. The van der Waals surface area contributed by atoms with Crippen molar-refractivity contribution >= 4 is 23.4 Å². The Hall–Kier alpha value is -3.15. The first-order valence-corrected chi connectivity index (χ1v) is 9.60. The van der Waals surface area contributed by atoms with Gasteiger partial charge in [0.25, 0.3) is 17.7 Å². The molecule has 0 atom stereocenters. The summed E-state index contributed by atoms with van der Waals surface area (Å²) in [6, 6.07) is 11.4. The molecule has 0 aromatic heterocycles. The first kappa shape index (κ1) is 19.6. The number of benzene rings is 2. The number of imide groups is 1. The van der Waals surface area contributed by atoms with Crippen LogP contribution in [0.2, 0.25) is 0 Å². The summed E-state index contributed by atoms with van der Waals surface area (Å²) in [4.78, 5) is 39.0. The minimum Gasteiger partial charge on any atom is -0.494 e. The lowest BCUT2D eigenvalue weighted by molar-refractivity contribution is 0.0923.